The fraction of sp³-hybridized carbons (Fsp3) is 0.231. The highest BCUT2D eigenvalue weighted by atomic mass is 16.5. The maximum Gasteiger partial charge on any atom is 0.404 e. The minimum atomic E-state index is -0.731. The summed E-state index contributed by atoms with van der Waals surface area (Å²) in [5.41, 5.74) is 8.18. The van der Waals surface area contributed by atoms with E-state index in [4.69, 9.17) is 10.5 Å². The predicted octanol–water partition coefficient (Wildman–Crippen LogP) is 2.18. The van der Waals surface area contributed by atoms with Gasteiger partial charge in [-0.3, -0.25) is 4.98 Å². The van der Waals surface area contributed by atoms with Crippen LogP contribution in [-0.2, 0) is 11.2 Å². The van der Waals surface area contributed by atoms with Gasteiger partial charge in [-0.2, -0.15) is 0 Å². The summed E-state index contributed by atoms with van der Waals surface area (Å²) in [6.07, 6.45) is 1.71. The van der Waals surface area contributed by atoms with Gasteiger partial charge in [0.1, 0.15) is 0 Å². The highest BCUT2D eigenvalue weighted by molar-refractivity contribution is 5.80. The molecule has 88 valence electrons. The van der Waals surface area contributed by atoms with Crippen molar-refractivity contribution in [3.8, 4) is 0 Å². The first-order valence-corrected chi connectivity index (χ1v) is 5.43. The smallest absolute Gasteiger partial charge is 0.404 e. The molecule has 4 heteroatoms. The van der Waals surface area contributed by atoms with Crippen molar-refractivity contribution < 1.29 is 9.53 Å². The monoisotopic (exact) mass is 230 g/mol. The Bertz CT molecular complexity index is 552. The van der Waals surface area contributed by atoms with Crippen molar-refractivity contribution in [1.82, 2.24) is 4.98 Å². The number of fused-ring (bicyclic) bond motifs is 1. The van der Waals surface area contributed by atoms with E-state index in [-0.39, 0.29) is 0 Å². The quantitative estimate of drug-likeness (QED) is 0.878. The zero-order chi connectivity index (χ0) is 12.3. The van der Waals surface area contributed by atoms with E-state index >= 15 is 0 Å². The normalized spacial score (nSPS) is 10.4. The number of carbonyl (C=O) groups excluding carboxylic acids is 1. The number of primary amides is 1. The van der Waals surface area contributed by atoms with Crippen molar-refractivity contribution in [3.05, 3.63) is 41.6 Å². The number of carbonyl (C=O) groups is 1. The van der Waals surface area contributed by atoms with Crippen LogP contribution in [-0.4, -0.2) is 17.7 Å². The number of hydrogen-bond acceptors (Lipinski definition) is 3. The molecule has 2 N–H and O–H groups in total. The van der Waals surface area contributed by atoms with Gasteiger partial charge >= 0.3 is 6.09 Å². The first-order valence-electron chi connectivity index (χ1n) is 5.43. The number of pyridine rings is 1. The molecular formula is C13H14N2O2. The van der Waals surface area contributed by atoms with Crippen LogP contribution in [0.4, 0.5) is 4.79 Å². The van der Waals surface area contributed by atoms with Crippen molar-refractivity contribution in [2.45, 2.75) is 13.3 Å². The molecule has 2 aromatic rings. The summed E-state index contributed by atoms with van der Waals surface area (Å²) >= 11 is 0. The van der Waals surface area contributed by atoms with Crippen molar-refractivity contribution >= 4 is 17.0 Å². The molecule has 0 saturated carbocycles. The molecule has 1 aromatic heterocycles. The highest BCUT2D eigenvalue weighted by Gasteiger charge is 2.03. The third-order valence-corrected chi connectivity index (χ3v) is 2.68. The van der Waals surface area contributed by atoms with E-state index in [1.54, 1.807) is 6.20 Å². The van der Waals surface area contributed by atoms with Crippen molar-refractivity contribution in [3.63, 3.8) is 0 Å². The van der Waals surface area contributed by atoms with Gasteiger partial charge in [-0.25, -0.2) is 4.79 Å². The summed E-state index contributed by atoms with van der Waals surface area (Å²) in [5, 5.41) is 1.09. The molecule has 0 radical (unpaired) electrons. The number of aromatic nitrogens is 1. The summed E-state index contributed by atoms with van der Waals surface area (Å²) in [7, 11) is 0. The Morgan fingerprint density at radius 1 is 1.47 bits per heavy atom. The first kappa shape index (κ1) is 11.4. The van der Waals surface area contributed by atoms with Crippen LogP contribution in [0.3, 0.4) is 0 Å². The lowest BCUT2D eigenvalue weighted by Gasteiger charge is -2.07. The van der Waals surface area contributed by atoms with E-state index in [0.717, 1.165) is 22.0 Å². The van der Waals surface area contributed by atoms with E-state index in [9.17, 15) is 4.79 Å². The Morgan fingerprint density at radius 3 is 3.06 bits per heavy atom. The maximum atomic E-state index is 10.5. The fourth-order valence-corrected chi connectivity index (χ4v) is 1.80. The second kappa shape index (κ2) is 4.82. The number of amides is 1. The van der Waals surface area contributed by atoms with E-state index in [0.29, 0.717) is 13.0 Å². The molecule has 0 bridgehead atoms. The van der Waals surface area contributed by atoms with Gasteiger partial charge in [0.2, 0.25) is 0 Å². The second-order valence-corrected chi connectivity index (χ2v) is 3.89. The van der Waals surface area contributed by atoms with Crippen LogP contribution in [0.15, 0.2) is 30.5 Å². The Kier molecular flexibility index (Phi) is 3.23. The van der Waals surface area contributed by atoms with Gasteiger partial charge in [0.05, 0.1) is 12.1 Å². The predicted molar refractivity (Wildman–Crippen MR) is 65.7 cm³/mol. The van der Waals surface area contributed by atoms with Crippen LogP contribution < -0.4 is 5.73 Å². The summed E-state index contributed by atoms with van der Waals surface area (Å²) in [4.78, 5) is 14.8. The lowest BCUT2D eigenvalue weighted by molar-refractivity contribution is 0.158. The lowest BCUT2D eigenvalue weighted by atomic mass is 10.0. The van der Waals surface area contributed by atoms with Gasteiger partial charge in [0, 0.05) is 18.0 Å². The minimum absolute atomic E-state index is 0.307. The number of rotatable bonds is 3. The molecule has 1 aromatic carbocycles. The topological polar surface area (TPSA) is 65.2 Å². The Hall–Kier alpha value is -2.10. The Labute approximate surface area is 99.4 Å². The third-order valence-electron chi connectivity index (χ3n) is 2.68. The van der Waals surface area contributed by atoms with E-state index < -0.39 is 6.09 Å². The average molecular weight is 230 g/mol. The van der Waals surface area contributed by atoms with Crippen LogP contribution in [0.2, 0.25) is 0 Å². The Balaban J connectivity index is 2.22. The largest absolute Gasteiger partial charge is 0.449 e. The van der Waals surface area contributed by atoms with Crippen LogP contribution in [0.5, 0.6) is 0 Å². The van der Waals surface area contributed by atoms with Crippen LogP contribution in [0.1, 0.15) is 11.1 Å². The number of nitrogens with zero attached hydrogens (tertiary/aromatic N) is 1. The molecule has 0 fully saturated rings. The Morgan fingerprint density at radius 2 is 2.29 bits per heavy atom. The lowest BCUT2D eigenvalue weighted by Crippen LogP contribution is -2.15. The molecule has 0 atom stereocenters. The molecule has 0 unspecified atom stereocenters. The highest BCUT2D eigenvalue weighted by Crippen LogP contribution is 2.18. The van der Waals surface area contributed by atoms with E-state index in [1.165, 1.54) is 0 Å². The summed E-state index contributed by atoms with van der Waals surface area (Å²) < 4.78 is 4.74. The van der Waals surface area contributed by atoms with Gasteiger partial charge < -0.3 is 10.5 Å². The fourth-order valence-electron chi connectivity index (χ4n) is 1.80. The van der Waals surface area contributed by atoms with Gasteiger partial charge in [-0.1, -0.05) is 6.07 Å². The zero-order valence-corrected chi connectivity index (χ0v) is 9.64. The maximum absolute atomic E-state index is 10.5. The van der Waals surface area contributed by atoms with Crippen molar-refractivity contribution in [2.24, 2.45) is 5.73 Å². The van der Waals surface area contributed by atoms with Gasteiger partial charge in [0.15, 0.2) is 0 Å². The standard InChI is InChI=1S/C13H14N2O2/c1-9-7-12-11(3-2-5-15-12)8-10(9)4-6-17-13(14)16/h2-3,5,7-8H,4,6H2,1H3,(H2,14,16). The molecule has 2 rings (SSSR count). The number of aryl methyl sites for hydroxylation is 1. The summed E-state index contributed by atoms with van der Waals surface area (Å²) in [5.74, 6) is 0. The summed E-state index contributed by atoms with van der Waals surface area (Å²) in [6.45, 7) is 2.33. The molecule has 17 heavy (non-hydrogen) atoms. The van der Waals surface area contributed by atoms with Gasteiger partial charge in [-0.05, 0) is 36.2 Å². The van der Waals surface area contributed by atoms with Crippen LogP contribution in [0, 0.1) is 6.92 Å². The SMILES string of the molecule is Cc1cc2ncccc2cc1CCOC(N)=O. The van der Waals surface area contributed by atoms with E-state index in [2.05, 4.69) is 11.1 Å². The molecule has 0 aliphatic rings. The average Bonchev–Trinajstić information content (AvgIpc) is 2.29. The molecule has 4 nitrogen and oxygen atoms in total. The zero-order valence-electron chi connectivity index (χ0n) is 9.64. The molecule has 1 heterocycles. The number of nitrogens with two attached hydrogens (primary N) is 1. The van der Waals surface area contributed by atoms with Gasteiger partial charge in [0.25, 0.3) is 0 Å². The number of hydrogen-bond donors (Lipinski definition) is 1. The van der Waals surface area contributed by atoms with E-state index in [1.807, 2.05) is 25.1 Å². The van der Waals surface area contributed by atoms with Crippen molar-refractivity contribution in [2.75, 3.05) is 6.61 Å². The van der Waals surface area contributed by atoms with Crippen LogP contribution in [0.25, 0.3) is 10.9 Å². The molecule has 0 aliphatic carbocycles. The number of benzene rings is 1. The molecule has 1 amide bonds. The van der Waals surface area contributed by atoms with Crippen molar-refractivity contribution in [1.29, 1.82) is 0 Å². The number of ether oxygens (including phenoxy) is 1. The van der Waals surface area contributed by atoms with Crippen LogP contribution >= 0.6 is 0 Å². The van der Waals surface area contributed by atoms with Gasteiger partial charge in [-0.15, -0.1) is 0 Å². The first-order chi connectivity index (χ1) is 8.16. The molecule has 0 aliphatic heterocycles. The second-order valence-electron chi connectivity index (χ2n) is 3.89. The minimum Gasteiger partial charge on any atom is -0.449 e. The third kappa shape index (κ3) is 2.72. The molecular weight excluding hydrogens is 216 g/mol. The molecule has 0 spiro atoms. The summed E-state index contributed by atoms with van der Waals surface area (Å²) in [6, 6.07) is 8.03. The molecule has 0 saturated heterocycles.